The predicted molar refractivity (Wildman–Crippen MR) is 95.3 cm³/mol. The highest BCUT2D eigenvalue weighted by Crippen LogP contribution is 2.80. The van der Waals surface area contributed by atoms with Gasteiger partial charge in [0.2, 0.25) is 5.88 Å². The van der Waals surface area contributed by atoms with Crippen molar-refractivity contribution in [2.75, 3.05) is 7.11 Å². The molecule has 2 nitrogen and oxygen atoms in total. The predicted octanol–water partition coefficient (Wildman–Crippen LogP) is 4.88. The topological polar surface area (TPSA) is 22.1 Å². The third-order valence-electron chi connectivity index (χ3n) is 7.12. The summed E-state index contributed by atoms with van der Waals surface area (Å²) in [6, 6.07) is 17.6. The molecule has 4 aliphatic carbocycles. The molecule has 2 heteroatoms. The smallest absolute Gasteiger partial charge is 0.213 e. The van der Waals surface area contributed by atoms with Gasteiger partial charge in [-0.25, -0.2) is 4.98 Å². The third kappa shape index (κ3) is 1.75. The van der Waals surface area contributed by atoms with Gasteiger partial charge in [-0.3, -0.25) is 0 Å². The minimum Gasteiger partial charge on any atom is -0.481 e. The van der Waals surface area contributed by atoms with Crippen LogP contribution in [0.3, 0.4) is 0 Å². The molecule has 1 aromatic heterocycles. The zero-order valence-corrected chi connectivity index (χ0v) is 14.4. The number of rotatable bonds is 4. The molecule has 2 aromatic rings. The molecule has 124 valence electrons. The molecular weight excluding hydrogens is 294 g/mol. The lowest BCUT2D eigenvalue weighted by atomic mass is 9.25. The van der Waals surface area contributed by atoms with E-state index in [4.69, 9.17) is 9.72 Å². The Bertz CT molecular complexity index is 742. The Morgan fingerprint density at radius 3 is 2.38 bits per heavy atom. The van der Waals surface area contributed by atoms with Gasteiger partial charge in [0, 0.05) is 16.9 Å². The summed E-state index contributed by atoms with van der Waals surface area (Å²) in [5, 5.41) is 0. The van der Waals surface area contributed by atoms with Crippen molar-refractivity contribution in [2.45, 2.75) is 49.4 Å². The van der Waals surface area contributed by atoms with Crippen LogP contribution < -0.4 is 4.74 Å². The van der Waals surface area contributed by atoms with E-state index in [-0.39, 0.29) is 0 Å². The van der Waals surface area contributed by atoms with E-state index in [2.05, 4.69) is 42.5 Å². The second kappa shape index (κ2) is 5.08. The lowest BCUT2D eigenvalue weighted by molar-refractivity contribution is -0.186. The molecule has 0 aliphatic heterocycles. The standard InChI is InChI=1S/C22H25NO/c1-24-19-13-7-12-18(23-19)22-14-21(15-22,17-10-3-2-4-11-17)20(22)16-8-5-6-9-16/h2-4,7,10-13,16,20H,5-6,8-9,14-15H2,1H3/t20-,21?,22?/m0/s1. The number of benzene rings is 1. The summed E-state index contributed by atoms with van der Waals surface area (Å²) >= 11 is 0. The molecule has 1 heterocycles. The minimum absolute atomic E-state index is 0.305. The van der Waals surface area contributed by atoms with Crippen LogP contribution in [0.25, 0.3) is 0 Å². The molecule has 4 saturated carbocycles. The summed E-state index contributed by atoms with van der Waals surface area (Å²) in [4.78, 5) is 4.85. The lowest BCUT2D eigenvalue weighted by Gasteiger charge is -2.78. The largest absolute Gasteiger partial charge is 0.481 e. The van der Waals surface area contributed by atoms with E-state index in [0.717, 1.165) is 17.7 Å². The van der Waals surface area contributed by atoms with Crippen molar-refractivity contribution < 1.29 is 4.74 Å². The van der Waals surface area contributed by atoms with Gasteiger partial charge in [-0.1, -0.05) is 62.1 Å². The van der Waals surface area contributed by atoms with E-state index >= 15 is 0 Å². The first-order chi connectivity index (χ1) is 11.8. The molecule has 6 rings (SSSR count). The van der Waals surface area contributed by atoms with Gasteiger partial charge in [-0.05, 0) is 36.3 Å². The van der Waals surface area contributed by atoms with Crippen LogP contribution in [0.2, 0.25) is 0 Å². The van der Waals surface area contributed by atoms with E-state index in [0.29, 0.717) is 10.8 Å². The van der Waals surface area contributed by atoms with Crippen LogP contribution >= 0.6 is 0 Å². The summed E-state index contributed by atoms with van der Waals surface area (Å²) in [6.07, 6.45) is 8.17. The molecule has 0 saturated heterocycles. The number of pyridine rings is 1. The van der Waals surface area contributed by atoms with Crippen molar-refractivity contribution >= 4 is 0 Å². The van der Waals surface area contributed by atoms with E-state index in [1.807, 2.05) is 6.07 Å². The molecule has 1 atom stereocenters. The fraction of sp³-hybridized carbons (Fsp3) is 0.500. The third-order valence-corrected chi connectivity index (χ3v) is 7.12. The van der Waals surface area contributed by atoms with Crippen LogP contribution in [0.5, 0.6) is 5.88 Å². The number of nitrogens with zero attached hydrogens (tertiary/aromatic N) is 1. The van der Waals surface area contributed by atoms with Crippen molar-refractivity contribution in [3.8, 4) is 5.88 Å². The summed E-state index contributed by atoms with van der Waals surface area (Å²) < 4.78 is 5.40. The van der Waals surface area contributed by atoms with Gasteiger partial charge in [0.15, 0.2) is 0 Å². The van der Waals surface area contributed by atoms with E-state index in [1.54, 1.807) is 12.7 Å². The van der Waals surface area contributed by atoms with Crippen molar-refractivity contribution in [2.24, 2.45) is 11.8 Å². The molecular formula is C22H25NO. The molecule has 4 fully saturated rings. The maximum atomic E-state index is 5.40. The molecule has 0 N–H and O–H groups in total. The van der Waals surface area contributed by atoms with Crippen LogP contribution in [-0.4, -0.2) is 12.1 Å². The van der Waals surface area contributed by atoms with Crippen LogP contribution in [0.15, 0.2) is 48.5 Å². The SMILES string of the molecule is COc1cccc(C23CC(c4ccccc4)(C2)[C@@H]3C2CCCC2)n1. The number of hydrogen-bond acceptors (Lipinski definition) is 2. The van der Waals surface area contributed by atoms with Gasteiger partial charge in [0.25, 0.3) is 0 Å². The zero-order chi connectivity index (χ0) is 16.2. The first-order valence-corrected chi connectivity index (χ1v) is 9.36. The molecule has 0 unspecified atom stereocenters. The molecule has 24 heavy (non-hydrogen) atoms. The fourth-order valence-corrected chi connectivity index (χ4v) is 6.27. The monoisotopic (exact) mass is 319 g/mol. The maximum Gasteiger partial charge on any atom is 0.213 e. The first kappa shape index (κ1) is 14.5. The Morgan fingerprint density at radius 2 is 1.67 bits per heavy atom. The molecule has 2 bridgehead atoms. The quantitative estimate of drug-likeness (QED) is 0.801. The van der Waals surface area contributed by atoms with E-state index in [9.17, 15) is 0 Å². The van der Waals surface area contributed by atoms with Gasteiger partial charge >= 0.3 is 0 Å². The van der Waals surface area contributed by atoms with Crippen molar-refractivity contribution in [1.82, 2.24) is 4.98 Å². The van der Waals surface area contributed by atoms with Crippen LogP contribution in [0.1, 0.15) is 49.8 Å². The molecule has 4 aliphatic rings. The Morgan fingerprint density at radius 1 is 0.917 bits per heavy atom. The summed E-state index contributed by atoms with van der Waals surface area (Å²) in [5.74, 6) is 2.41. The first-order valence-electron chi connectivity index (χ1n) is 9.36. The molecule has 0 amide bonds. The lowest BCUT2D eigenvalue weighted by Crippen LogP contribution is -2.77. The highest BCUT2D eigenvalue weighted by Gasteiger charge is 2.78. The molecule has 1 aromatic carbocycles. The van der Waals surface area contributed by atoms with Gasteiger partial charge in [0.05, 0.1) is 12.8 Å². The Hall–Kier alpha value is -1.83. The zero-order valence-electron chi connectivity index (χ0n) is 14.4. The Kier molecular flexibility index (Phi) is 3.07. The average molecular weight is 319 g/mol. The number of ether oxygens (including phenoxy) is 1. The Balaban J connectivity index is 1.54. The maximum absolute atomic E-state index is 5.40. The van der Waals surface area contributed by atoms with Crippen LogP contribution in [0.4, 0.5) is 0 Å². The molecule has 0 spiro atoms. The van der Waals surface area contributed by atoms with Gasteiger partial charge in [-0.2, -0.15) is 0 Å². The van der Waals surface area contributed by atoms with Gasteiger partial charge in [-0.15, -0.1) is 0 Å². The average Bonchev–Trinajstić information content (AvgIpc) is 3.07. The van der Waals surface area contributed by atoms with Gasteiger partial charge in [0.1, 0.15) is 0 Å². The number of hydrogen-bond donors (Lipinski definition) is 0. The van der Waals surface area contributed by atoms with Crippen molar-refractivity contribution in [1.29, 1.82) is 0 Å². The van der Waals surface area contributed by atoms with Crippen LogP contribution in [-0.2, 0) is 10.8 Å². The van der Waals surface area contributed by atoms with E-state index < -0.39 is 0 Å². The van der Waals surface area contributed by atoms with E-state index in [1.165, 1.54) is 44.2 Å². The minimum atomic E-state index is 0.305. The summed E-state index contributed by atoms with van der Waals surface area (Å²) in [5.41, 5.74) is 3.56. The normalized spacial score (nSPS) is 34.5. The number of methoxy groups -OCH3 is 1. The van der Waals surface area contributed by atoms with Crippen LogP contribution in [0, 0.1) is 11.8 Å². The van der Waals surface area contributed by atoms with Crippen molar-refractivity contribution in [3.63, 3.8) is 0 Å². The second-order valence-corrected chi connectivity index (χ2v) is 8.12. The Labute approximate surface area is 144 Å². The highest BCUT2D eigenvalue weighted by molar-refractivity contribution is 5.50. The second-order valence-electron chi connectivity index (χ2n) is 8.12. The summed E-state index contributed by atoms with van der Waals surface area (Å²) in [7, 11) is 1.72. The highest BCUT2D eigenvalue weighted by atomic mass is 16.5. The van der Waals surface area contributed by atoms with Gasteiger partial charge < -0.3 is 4.74 Å². The number of aromatic nitrogens is 1. The van der Waals surface area contributed by atoms with Crippen molar-refractivity contribution in [3.05, 3.63) is 59.8 Å². The fourth-order valence-electron chi connectivity index (χ4n) is 6.27. The summed E-state index contributed by atoms with van der Waals surface area (Å²) in [6.45, 7) is 0. The molecule has 0 radical (unpaired) electrons.